The third-order valence-electron chi connectivity index (χ3n) is 4.27. The Kier molecular flexibility index (Phi) is 2.97. The molecular formula is C13H20N2OS. The highest BCUT2D eigenvalue weighted by Crippen LogP contribution is 2.49. The largest absolute Gasteiger partial charge is 0.395 e. The van der Waals surface area contributed by atoms with Crippen molar-refractivity contribution in [3.63, 3.8) is 0 Å². The summed E-state index contributed by atoms with van der Waals surface area (Å²) in [5, 5.41) is 12.8. The number of thiazole rings is 1. The second-order valence-electron chi connectivity index (χ2n) is 5.59. The van der Waals surface area contributed by atoms with Crippen LogP contribution < -0.4 is 0 Å². The minimum atomic E-state index is 0.0500. The van der Waals surface area contributed by atoms with Gasteiger partial charge in [0.05, 0.1) is 12.3 Å². The third kappa shape index (κ3) is 2.14. The highest BCUT2D eigenvalue weighted by Gasteiger charge is 2.46. The number of hydrogen-bond acceptors (Lipinski definition) is 4. The molecule has 1 aliphatic carbocycles. The molecule has 2 aliphatic rings. The third-order valence-corrected chi connectivity index (χ3v) is 5.38. The summed E-state index contributed by atoms with van der Waals surface area (Å²) < 4.78 is 0. The Labute approximate surface area is 106 Å². The zero-order valence-electron chi connectivity index (χ0n) is 10.4. The van der Waals surface area contributed by atoms with Crippen molar-refractivity contribution in [2.24, 2.45) is 0 Å². The van der Waals surface area contributed by atoms with E-state index >= 15 is 0 Å². The summed E-state index contributed by atoms with van der Waals surface area (Å²) in [4.78, 5) is 7.19. The van der Waals surface area contributed by atoms with Gasteiger partial charge in [0.2, 0.25) is 0 Å². The van der Waals surface area contributed by atoms with E-state index in [9.17, 15) is 5.11 Å². The van der Waals surface area contributed by atoms with Crippen molar-refractivity contribution in [1.29, 1.82) is 0 Å². The van der Waals surface area contributed by atoms with Crippen molar-refractivity contribution in [1.82, 2.24) is 9.88 Å². The summed E-state index contributed by atoms with van der Waals surface area (Å²) in [6.45, 7) is 2.64. The van der Waals surface area contributed by atoms with Gasteiger partial charge in [-0.05, 0) is 45.8 Å². The number of aromatic nitrogens is 1. The number of aliphatic hydroxyl groups is 1. The highest BCUT2D eigenvalue weighted by atomic mass is 32.1. The van der Waals surface area contributed by atoms with Gasteiger partial charge in [-0.25, -0.2) is 4.98 Å². The van der Waals surface area contributed by atoms with Crippen LogP contribution in [0.4, 0.5) is 0 Å². The van der Waals surface area contributed by atoms with E-state index in [1.54, 1.807) is 11.3 Å². The molecule has 0 bridgehead atoms. The van der Waals surface area contributed by atoms with Gasteiger partial charge in [0.15, 0.2) is 0 Å². The van der Waals surface area contributed by atoms with Gasteiger partial charge in [0.1, 0.15) is 5.01 Å². The van der Waals surface area contributed by atoms with Crippen LogP contribution in [0, 0.1) is 0 Å². The Balaban J connectivity index is 1.72. The van der Waals surface area contributed by atoms with Crippen LogP contribution in [0.3, 0.4) is 0 Å². The molecule has 1 saturated carbocycles. The Morgan fingerprint density at radius 1 is 1.47 bits per heavy atom. The molecule has 3 nitrogen and oxygen atoms in total. The van der Waals surface area contributed by atoms with Gasteiger partial charge in [-0.1, -0.05) is 0 Å². The van der Waals surface area contributed by atoms with Crippen LogP contribution in [-0.4, -0.2) is 41.7 Å². The molecule has 3 rings (SSSR count). The number of likely N-dealkylation sites (tertiary alicyclic amines) is 1. The molecule has 2 heterocycles. The number of rotatable bonds is 3. The van der Waals surface area contributed by atoms with Crippen LogP contribution in [0.5, 0.6) is 0 Å². The Hall–Kier alpha value is -0.450. The minimum Gasteiger partial charge on any atom is -0.395 e. The SMILES string of the molecule is CN1CCC(c2csc(C3(CO)CC3)n2)CC1. The molecule has 0 aromatic carbocycles. The van der Waals surface area contributed by atoms with E-state index in [0.29, 0.717) is 5.92 Å². The molecule has 0 unspecified atom stereocenters. The first-order valence-electron chi connectivity index (χ1n) is 6.49. The van der Waals surface area contributed by atoms with Crippen LogP contribution in [0.25, 0.3) is 0 Å². The maximum absolute atomic E-state index is 9.42. The van der Waals surface area contributed by atoms with Crippen LogP contribution >= 0.6 is 11.3 Å². The molecule has 1 saturated heterocycles. The molecule has 4 heteroatoms. The summed E-state index contributed by atoms with van der Waals surface area (Å²) in [5.74, 6) is 0.644. The fraction of sp³-hybridized carbons (Fsp3) is 0.769. The van der Waals surface area contributed by atoms with Crippen LogP contribution in [-0.2, 0) is 5.41 Å². The maximum Gasteiger partial charge on any atom is 0.101 e. The molecule has 0 spiro atoms. The van der Waals surface area contributed by atoms with Gasteiger partial charge in [0.25, 0.3) is 0 Å². The van der Waals surface area contributed by atoms with Crippen LogP contribution in [0.2, 0.25) is 0 Å². The first-order valence-corrected chi connectivity index (χ1v) is 7.37. The highest BCUT2D eigenvalue weighted by molar-refractivity contribution is 7.09. The lowest BCUT2D eigenvalue weighted by atomic mass is 9.94. The molecule has 2 fully saturated rings. The number of piperidine rings is 1. The molecular weight excluding hydrogens is 232 g/mol. The molecule has 94 valence electrons. The zero-order valence-corrected chi connectivity index (χ0v) is 11.2. The Morgan fingerprint density at radius 3 is 2.76 bits per heavy atom. The van der Waals surface area contributed by atoms with Gasteiger partial charge in [-0.2, -0.15) is 0 Å². The van der Waals surface area contributed by atoms with Gasteiger partial charge < -0.3 is 10.0 Å². The molecule has 1 N–H and O–H groups in total. The van der Waals surface area contributed by atoms with Crippen molar-refractivity contribution in [2.45, 2.75) is 37.0 Å². The van der Waals surface area contributed by atoms with Crippen LogP contribution in [0.1, 0.15) is 42.3 Å². The Morgan fingerprint density at radius 2 is 2.18 bits per heavy atom. The average Bonchev–Trinajstić information content (AvgIpc) is 3.00. The summed E-state index contributed by atoms with van der Waals surface area (Å²) in [7, 11) is 2.19. The lowest BCUT2D eigenvalue weighted by Crippen LogP contribution is -2.29. The van der Waals surface area contributed by atoms with Gasteiger partial charge in [-0.3, -0.25) is 0 Å². The van der Waals surface area contributed by atoms with Crippen molar-refractivity contribution in [2.75, 3.05) is 26.7 Å². The molecule has 17 heavy (non-hydrogen) atoms. The molecule has 0 radical (unpaired) electrons. The lowest BCUT2D eigenvalue weighted by Gasteiger charge is -2.27. The second kappa shape index (κ2) is 4.34. The second-order valence-corrected chi connectivity index (χ2v) is 6.45. The maximum atomic E-state index is 9.42. The van der Waals surface area contributed by atoms with E-state index in [0.717, 1.165) is 12.8 Å². The molecule has 0 atom stereocenters. The summed E-state index contributed by atoms with van der Waals surface area (Å²) in [6, 6.07) is 0. The summed E-state index contributed by atoms with van der Waals surface area (Å²) in [6.07, 6.45) is 4.69. The van der Waals surface area contributed by atoms with Gasteiger partial charge >= 0.3 is 0 Å². The van der Waals surface area contributed by atoms with E-state index in [-0.39, 0.29) is 12.0 Å². The summed E-state index contributed by atoms with van der Waals surface area (Å²) >= 11 is 1.75. The van der Waals surface area contributed by atoms with Crippen molar-refractivity contribution < 1.29 is 5.11 Å². The van der Waals surface area contributed by atoms with Gasteiger partial charge in [-0.15, -0.1) is 11.3 Å². The lowest BCUT2D eigenvalue weighted by molar-refractivity contribution is 0.250. The predicted molar refractivity (Wildman–Crippen MR) is 69.6 cm³/mol. The molecule has 1 aromatic heterocycles. The quantitative estimate of drug-likeness (QED) is 0.893. The van der Waals surface area contributed by atoms with E-state index in [4.69, 9.17) is 4.98 Å². The normalized spacial score (nSPS) is 25.1. The number of nitrogens with zero attached hydrogens (tertiary/aromatic N) is 2. The Bertz CT molecular complexity index is 392. The van der Waals surface area contributed by atoms with E-state index in [2.05, 4.69) is 17.3 Å². The molecule has 0 amide bonds. The van der Waals surface area contributed by atoms with Crippen molar-refractivity contribution in [3.8, 4) is 0 Å². The summed E-state index contributed by atoms with van der Waals surface area (Å²) in [5.41, 5.74) is 1.33. The smallest absolute Gasteiger partial charge is 0.101 e. The number of hydrogen-bond donors (Lipinski definition) is 1. The van der Waals surface area contributed by atoms with E-state index in [1.807, 2.05) is 0 Å². The van der Waals surface area contributed by atoms with Gasteiger partial charge in [0, 0.05) is 16.7 Å². The minimum absolute atomic E-state index is 0.0500. The van der Waals surface area contributed by atoms with Crippen molar-refractivity contribution >= 4 is 11.3 Å². The average molecular weight is 252 g/mol. The zero-order chi connectivity index (χ0) is 11.9. The monoisotopic (exact) mass is 252 g/mol. The number of aliphatic hydroxyl groups excluding tert-OH is 1. The standard InChI is InChI=1S/C13H20N2OS/c1-15-6-2-10(3-7-15)11-8-17-12(14-11)13(9-16)4-5-13/h8,10,16H,2-7,9H2,1H3. The fourth-order valence-corrected chi connectivity index (χ4v) is 3.77. The first-order chi connectivity index (χ1) is 8.23. The van der Waals surface area contributed by atoms with Crippen molar-refractivity contribution in [3.05, 3.63) is 16.1 Å². The van der Waals surface area contributed by atoms with E-state index in [1.165, 1.54) is 36.6 Å². The fourth-order valence-electron chi connectivity index (χ4n) is 2.61. The molecule has 1 aromatic rings. The topological polar surface area (TPSA) is 36.4 Å². The predicted octanol–water partition coefficient (Wildman–Crippen LogP) is 1.98. The van der Waals surface area contributed by atoms with E-state index < -0.39 is 0 Å². The first kappa shape index (κ1) is 11.6. The molecule has 1 aliphatic heterocycles. The van der Waals surface area contributed by atoms with Crippen LogP contribution in [0.15, 0.2) is 5.38 Å².